The van der Waals surface area contributed by atoms with Gasteiger partial charge in [-0.15, -0.1) is 10.2 Å². The van der Waals surface area contributed by atoms with Crippen molar-refractivity contribution in [3.8, 4) is 23.3 Å². The van der Waals surface area contributed by atoms with Crippen molar-refractivity contribution in [2.75, 3.05) is 40.4 Å². The molecule has 0 radical (unpaired) electrons. The van der Waals surface area contributed by atoms with E-state index in [9.17, 15) is 0 Å². The zero-order valence-electron chi connectivity index (χ0n) is 34.1. The van der Waals surface area contributed by atoms with Crippen molar-refractivity contribution >= 4 is 32.6 Å². The maximum absolute atomic E-state index is 7.30. The number of piperidine rings is 6. The van der Waals surface area contributed by atoms with Gasteiger partial charge in [0.25, 0.3) is 0 Å². The van der Waals surface area contributed by atoms with Crippen LogP contribution in [-0.4, -0.2) is 82.4 Å². The van der Waals surface area contributed by atoms with Crippen LogP contribution in [0.25, 0.3) is 32.6 Å². The summed E-state index contributed by atoms with van der Waals surface area (Å²) in [4.78, 5) is 14.8. The quantitative estimate of drug-likeness (QED) is 0.120. The fourth-order valence-corrected chi connectivity index (χ4v) is 11.1. The Morgan fingerprint density at radius 1 is 0.603 bits per heavy atom. The van der Waals surface area contributed by atoms with Crippen LogP contribution >= 0.6 is 0 Å². The maximum atomic E-state index is 7.30. The van der Waals surface area contributed by atoms with Crippen LogP contribution in [0.4, 0.5) is 0 Å². The largest absolute Gasteiger partial charge is 0.497 e. The second-order valence-corrected chi connectivity index (χ2v) is 17.0. The number of aromatic nitrogens is 4. The summed E-state index contributed by atoms with van der Waals surface area (Å²) in [7, 11) is 3.42. The highest BCUT2D eigenvalue weighted by Gasteiger charge is 2.46. The molecule has 10 nitrogen and oxygen atoms in total. The van der Waals surface area contributed by atoms with Gasteiger partial charge in [0.05, 0.1) is 48.1 Å². The van der Waals surface area contributed by atoms with Gasteiger partial charge in [-0.05, 0) is 123 Å². The van der Waals surface area contributed by atoms with Gasteiger partial charge in [0, 0.05) is 47.4 Å². The molecule has 10 atom stereocenters. The molecule has 6 saturated heterocycles. The molecule has 0 amide bonds. The average Bonchev–Trinajstić information content (AvgIpc) is 3.29. The van der Waals surface area contributed by atoms with Crippen molar-refractivity contribution in [3.63, 3.8) is 0 Å². The number of hydrogen-bond acceptors (Lipinski definition) is 10. The third-order valence-corrected chi connectivity index (χ3v) is 14.3. The summed E-state index contributed by atoms with van der Waals surface area (Å²) in [6, 6.07) is 25.1. The van der Waals surface area contributed by atoms with E-state index in [1.54, 1.807) is 14.2 Å². The van der Waals surface area contributed by atoms with Crippen molar-refractivity contribution in [1.29, 1.82) is 0 Å². The summed E-state index contributed by atoms with van der Waals surface area (Å²) < 4.78 is 26.0. The summed E-state index contributed by atoms with van der Waals surface area (Å²) >= 11 is 0. The molecule has 6 aromatic rings. The highest BCUT2D eigenvalue weighted by atomic mass is 16.5. The normalized spacial score (nSPS) is 27.4. The van der Waals surface area contributed by atoms with Crippen LogP contribution < -0.4 is 18.9 Å². The third-order valence-electron chi connectivity index (χ3n) is 14.3. The number of ether oxygens (including phenoxy) is 4. The van der Waals surface area contributed by atoms with E-state index in [4.69, 9.17) is 39.1 Å². The van der Waals surface area contributed by atoms with E-state index in [2.05, 4.69) is 72.2 Å². The Hall–Kier alpha value is -5.06. The van der Waals surface area contributed by atoms with Crippen LogP contribution in [-0.2, 0) is 0 Å². The maximum Gasteiger partial charge on any atom is 0.242 e. The second-order valence-electron chi connectivity index (χ2n) is 17.0. The van der Waals surface area contributed by atoms with Gasteiger partial charge in [-0.3, -0.25) is 19.8 Å². The fraction of sp³-hybridized carbons (Fsp3) is 0.458. The summed E-state index contributed by atoms with van der Waals surface area (Å²) in [6.07, 6.45) is 10.2. The van der Waals surface area contributed by atoms with Crippen LogP contribution in [0.1, 0.15) is 75.7 Å². The minimum Gasteiger partial charge on any atom is -0.497 e. The molecule has 300 valence electrons. The van der Waals surface area contributed by atoms with E-state index >= 15 is 0 Å². The molecular weight excluding hydrogens is 725 g/mol. The molecule has 3 aromatic heterocycles. The van der Waals surface area contributed by atoms with Gasteiger partial charge < -0.3 is 18.9 Å². The average molecular weight is 779 g/mol. The van der Waals surface area contributed by atoms with Gasteiger partial charge in [0.2, 0.25) is 11.8 Å². The number of fused-ring (bicyclic) bond motifs is 9. The van der Waals surface area contributed by atoms with Crippen LogP contribution in [0.15, 0.2) is 85.2 Å². The minimum atomic E-state index is -0.300. The van der Waals surface area contributed by atoms with E-state index in [-0.39, 0.29) is 24.3 Å². The van der Waals surface area contributed by atoms with Gasteiger partial charge in [-0.25, -0.2) is 0 Å². The van der Waals surface area contributed by atoms with Gasteiger partial charge in [-0.1, -0.05) is 38.8 Å². The summed E-state index contributed by atoms with van der Waals surface area (Å²) in [5.74, 6) is 5.39. The third kappa shape index (κ3) is 6.58. The minimum absolute atomic E-state index is 0.180. The number of nitrogens with zero attached hydrogens (tertiary/aromatic N) is 6. The van der Waals surface area contributed by atoms with Crippen molar-refractivity contribution in [2.24, 2.45) is 23.7 Å². The lowest BCUT2D eigenvalue weighted by atomic mass is 9.72. The molecule has 3 aromatic carbocycles. The molecule has 0 spiro atoms. The first kappa shape index (κ1) is 37.2. The predicted octanol–water partition coefficient (Wildman–Crippen LogP) is 9.22. The molecule has 10 heteroatoms. The Balaban J connectivity index is 1.06. The molecule has 6 aliphatic rings. The Kier molecular flexibility index (Phi) is 10.0. The molecule has 12 rings (SSSR count). The topological polar surface area (TPSA) is 95.0 Å². The van der Waals surface area contributed by atoms with Gasteiger partial charge in [0.1, 0.15) is 23.7 Å². The number of hydrogen-bond donors (Lipinski definition) is 0. The number of pyridine rings is 2. The van der Waals surface area contributed by atoms with E-state index in [0.29, 0.717) is 35.4 Å². The molecule has 6 fully saturated rings. The molecule has 6 aliphatic heterocycles. The Morgan fingerprint density at radius 3 is 1.47 bits per heavy atom. The number of rotatable bonds is 12. The van der Waals surface area contributed by atoms with E-state index in [1.807, 2.05) is 36.7 Å². The highest BCUT2D eigenvalue weighted by Crippen LogP contribution is 2.47. The molecule has 0 saturated carbocycles. The van der Waals surface area contributed by atoms with Crippen LogP contribution in [0, 0.1) is 23.7 Å². The van der Waals surface area contributed by atoms with Crippen molar-refractivity contribution in [3.05, 3.63) is 96.3 Å². The number of methoxy groups -OCH3 is 2. The zero-order valence-corrected chi connectivity index (χ0v) is 34.1. The van der Waals surface area contributed by atoms with Crippen molar-refractivity contribution < 1.29 is 18.9 Å². The lowest BCUT2D eigenvalue weighted by Gasteiger charge is -2.52. The summed E-state index contributed by atoms with van der Waals surface area (Å²) in [5, 5.41) is 13.7. The number of benzene rings is 3. The van der Waals surface area contributed by atoms with Crippen molar-refractivity contribution in [1.82, 2.24) is 30.0 Å². The Labute approximate surface area is 340 Å². The van der Waals surface area contributed by atoms with Crippen LogP contribution in [0.5, 0.6) is 23.3 Å². The first-order chi connectivity index (χ1) is 28.5. The standard InChI is InChI=1S/C48H54N6O4/c1-5-29-27-53-21-17-31(29)23-43(53)45(35-15-19-49-41-13-11-33(55-3)25-39(35)41)57-47-37-9-7-8-10-38(37)48(52-51-47)58-46(44-24-32-18-22-54(44)28-30(32)6-2)36-16-20-50-42-14-12-34(56-4)26-40(36)42/h7-16,19-20,25-26,29-32,43-46H,5-6,17-18,21-24,27-28H2,1-4H3/t29?,30?,31?,32?,43-,44-,45?,46?/m1/s1. The fourth-order valence-electron chi connectivity index (χ4n) is 11.1. The lowest BCUT2D eigenvalue weighted by Crippen LogP contribution is -2.56. The van der Waals surface area contributed by atoms with Gasteiger partial charge >= 0.3 is 0 Å². The van der Waals surface area contributed by atoms with Crippen LogP contribution in [0.3, 0.4) is 0 Å². The summed E-state index contributed by atoms with van der Waals surface area (Å²) in [6.45, 7) is 9.00. The Bertz CT molecular complexity index is 2280. The molecule has 0 N–H and O–H groups in total. The van der Waals surface area contributed by atoms with Gasteiger partial charge in [-0.2, -0.15) is 0 Å². The zero-order chi connectivity index (χ0) is 39.3. The summed E-state index contributed by atoms with van der Waals surface area (Å²) in [5.41, 5.74) is 4.01. The lowest BCUT2D eigenvalue weighted by molar-refractivity contribution is -0.0505. The van der Waals surface area contributed by atoms with E-state index in [1.165, 1.54) is 25.7 Å². The van der Waals surface area contributed by atoms with E-state index < -0.39 is 0 Å². The molecule has 4 bridgehead atoms. The Morgan fingerprint density at radius 2 is 1.07 bits per heavy atom. The second kappa shape index (κ2) is 15.6. The monoisotopic (exact) mass is 778 g/mol. The molecular formula is C48H54N6O4. The molecule has 58 heavy (non-hydrogen) atoms. The molecule has 8 unspecified atom stereocenters. The first-order valence-corrected chi connectivity index (χ1v) is 21.5. The van der Waals surface area contributed by atoms with Crippen molar-refractivity contribution in [2.45, 2.75) is 76.7 Å². The molecule has 9 heterocycles. The smallest absolute Gasteiger partial charge is 0.242 e. The first-order valence-electron chi connectivity index (χ1n) is 21.5. The predicted molar refractivity (Wildman–Crippen MR) is 227 cm³/mol. The van der Waals surface area contributed by atoms with Gasteiger partial charge in [0.15, 0.2) is 0 Å². The SMILES string of the molecule is CCC1CN2CCC1C[C@@H]2C(Oc1nnc(OC(c2ccnc3ccc(OC)cc23)[C@H]2CC3CCN2CC3CC)c2ccccc12)c1ccnc2ccc(OC)cc12. The van der Waals surface area contributed by atoms with E-state index in [0.717, 1.165) is 94.2 Å². The molecule has 0 aliphatic carbocycles. The highest BCUT2D eigenvalue weighted by molar-refractivity contribution is 5.91. The van der Waals surface area contributed by atoms with Crippen LogP contribution in [0.2, 0.25) is 0 Å².